The molecule has 1 nitrogen and oxygen atoms in total. The molecule has 1 fully saturated rings. The number of benzene rings is 1. The molecule has 0 atom stereocenters. The lowest BCUT2D eigenvalue weighted by Gasteiger charge is -2.39. The van der Waals surface area contributed by atoms with Crippen LogP contribution in [-0.4, -0.2) is 0 Å². The fourth-order valence-electron chi connectivity index (χ4n) is 3.21. The van der Waals surface area contributed by atoms with Crippen LogP contribution in [-0.2, 0) is 12.0 Å². The van der Waals surface area contributed by atoms with E-state index in [1.54, 1.807) is 0 Å². The molecule has 0 unspecified atom stereocenters. The standard InChI is InChI=1S/C17H27N/c1-4-14-6-5-7-16(12-14)17(18)10-8-15(9-11-17)13(2)3/h5-7,12-13,15H,4,8-11,18H2,1-3H3. The molecule has 0 amide bonds. The summed E-state index contributed by atoms with van der Waals surface area (Å²) in [4.78, 5) is 0. The zero-order valence-electron chi connectivity index (χ0n) is 12.1. The molecule has 2 N–H and O–H groups in total. The van der Waals surface area contributed by atoms with Crippen LogP contribution in [0.4, 0.5) is 0 Å². The third-order valence-electron chi connectivity index (χ3n) is 4.78. The minimum atomic E-state index is -0.0728. The molecule has 1 heteroatoms. The maximum Gasteiger partial charge on any atom is 0.0409 e. The van der Waals surface area contributed by atoms with E-state index < -0.39 is 0 Å². The Morgan fingerprint density at radius 1 is 1.28 bits per heavy atom. The molecule has 0 spiro atoms. The Hall–Kier alpha value is -0.820. The first kappa shape index (κ1) is 13.6. The van der Waals surface area contributed by atoms with Crippen molar-refractivity contribution >= 4 is 0 Å². The second kappa shape index (κ2) is 5.44. The van der Waals surface area contributed by atoms with Crippen LogP contribution < -0.4 is 5.73 Å². The highest BCUT2D eigenvalue weighted by Gasteiger charge is 2.34. The van der Waals surface area contributed by atoms with E-state index in [1.807, 2.05) is 0 Å². The molecule has 0 radical (unpaired) electrons. The lowest BCUT2D eigenvalue weighted by atomic mass is 9.70. The van der Waals surface area contributed by atoms with E-state index in [2.05, 4.69) is 45.0 Å². The Bertz CT molecular complexity index is 386. The zero-order valence-corrected chi connectivity index (χ0v) is 12.1. The van der Waals surface area contributed by atoms with Crippen molar-refractivity contribution in [3.8, 4) is 0 Å². The van der Waals surface area contributed by atoms with E-state index >= 15 is 0 Å². The highest BCUT2D eigenvalue weighted by Crippen LogP contribution is 2.40. The summed E-state index contributed by atoms with van der Waals surface area (Å²) in [6.07, 6.45) is 5.94. The summed E-state index contributed by atoms with van der Waals surface area (Å²) in [6.45, 7) is 6.88. The second-order valence-electron chi connectivity index (χ2n) is 6.29. The van der Waals surface area contributed by atoms with Crippen molar-refractivity contribution in [2.24, 2.45) is 17.6 Å². The Morgan fingerprint density at radius 2 is 1.94 bits per heavy atom. The highest BCUT2D eigenvalue weighted by atomic mass is 14.7. The monoisotopic (exact) mass is 245 g/mol. The van der Waals surface area contributed by atoms with Crippen LogP contribution in [0, 0.1) is 11.8 Å². The van der Waals surface area contributed by atoms with Gasteiger partial charge in [-0.15, -0.1) is 0 Å². The van der Waals surface area contributed by atoms with E-state index in [4.69, 9.17) is 5.73 Å². The predicted octanol–water partition coefficient (Wildman–Crippen LogP) is 4.25. The van der Waals surface area contributed by atoms with E-state index in [-0.39, 0.29) is 5.54 Å². The fourth-order valence-corrected chi connectivity index (χ4v) is 3.21. The smallest absolute Gasteiger partial charge is 0.0409 e. The van der Waals surface area contributed by atoms with Crippen molar-refractivity contribution in [2.45, 2.75) is 58.4 Å². The number of rotatable bonds is 3. The Balaban J connectivity index is 2.12. The van der Waals surface area contributed by atoms with Gasteiger partial charge in [-0.05, 0) is 55.1 Å². The van der Waals surface area contributed by atoms with Gasteiger partial charge >= 0.3 is 0 Å². The largest absolute Gasteiger partial charge is 0.321 e. The van der Waals surface area contributed by atoms with Gasteiger partial charge in [0.05, 0.1) is 0 Å². The van der Waals surface area contributed by atoms with Gasteiger partial charge in [0.15, 0.2) is 0 Å². The van der Waals surface area contributed by atoms with Crippen molar-refractivity contribution in [1.82, 2.24) is 0 Å². The molecule has 1 aromatic rings. The second-order valence-corrected chi connectivity index (χ2v) is 6.29. The van der Waals surface area contributed by atoms with Crippen molar-refractivity contribution in [1.29, 1.82) is 0 Å². The van der Waals surface area contributed by atoms with Crippen LogP contribution in [0.3, 0.4) is 0 Å². The molecule has 0 aliphatic heterocycles. The minimum Gasteiger partial charge on any atom is -0.321 e. The SMILES string of the molecule is CCc1cccc(C2(N)CCC(C(C)C)CC2)c1. The van der Waals surface area contributed by atoms with Crippen LogP contribution in [0.1, 0.15) is 57.6 Å². The van der Waals surface area contributed by atoms with Crippen molar-refractivity contribution in [3.63, 3.8) is 0 Å². The molecule has 0 bridgehead atoms. The van der Waals surface area contributed by atoms with E-state index in [0.29, 0.717) is 0 Å². The molecule has 18 heavy (non-hydrogen) atoms. The molecule has 0 heterocycles. The van der Waals surface area contributed by atoms with Gasteiger partial charge < -0.3 is 5.73 Å². The number of hydrogen-bond donors (Lipinski definition) is 1. The van der Waals surface area contributed by atoms with Gasteiger partial charge in [0.1, 0.15) is 0 Å². The van der Waals surface area contributed by atoms with Gasteiger partial charge in [-0.3, -0.25) is 0 Å². The first-order valence-electron chi connectivity index (χ1n) is 7.43. The number of aryl methyl sites for hydroxylation is 1. The highest BCUT2D eigenvalue weighted by molar-refractivity contribution is 5.30. The molecular formula is C17H27N. The summed E-state index contributed by atoms with van der Waals surface area (Å²) in [5.41, 5.74) is 9.35. The van der Waals surface area contributed by atoms with Crippen LogP contribution in [0.5, 0.6) is 0 Å². The quantitative estimate of drug-likeness (QED) is 0.846. The Morgan fingerprint density at radius 3 is 2.50 bits per heavy atom. The van der Waals surface area contributed by atoms with Gasteiger partial charge in [0, 0.05) is 5.54 Å². The summed E-state index contributed by atoms with van der Waals surface area (Å²) in [6, 6.07) is 8.90. The topological polar surface area (TPSA) is 26.0 Å². The van der Waals surface area contributed by atoms with Crippen LogP contribution >= 0.6 is 0 Å². The maximum atomic E-state index is 6.67. The summed E-state index contributed by atoms with van der Waals surface area (Å²) in [5.74, 6) is 1.67. The molecule has 1 aliphatic carbocycles. The molecule has 1 aromatic carbocycles. The minimum absolute atomic E-state index is 0.0728. The summed E-state index contributed by atoms with van der Waals surface area (Å²) < 4.78 is 0. The van der Waals surface area contributed by atoms with Crippen LogP contribution in [0.2, 0.25) is 0 Å². The molecule has 2 rings (SSSR count). The number of hydrogen-bond acceptors (Lipinski definition) is 1. The lowest BCUT2D eigenvalue weighted by Crippen LogP contribution is -2.41. The average Bonchev–Trinajstić information content (AvgIpc) is 2.39. The van der Waals surface area contributed by atoms with Gasteiger partial charge in [-0.1, -0.05) is 45.0 Å². The molecule has 0 aromatic heterocycles. The first-order valence-corrected chi connectivity index (χ1v) is 7.43. The Kier molecular flexibility index (Phi) is 4.11. The molecule has 1 aliphatic rings. The first-order chi connectivity index (χ1) is 8.55. The average molecular weight is 245 g/mol. The molecule has 0 saturated heterocycles. The van der Waals surface area contributed by atoms with Crippen molar-refractivity contribution in [3.05, 3.63) is 35.4 Å². The third-order valence-corrected chi connectivity index (χ3v) is 4.78. The lowest BCUT2D eigenvalue weighted by molar-refractivity contribution is 0.196. The molecule has 1 saturated carbocycles. The third kappa shape index (κ3) is 2.77. The van der Waals surface area contributed by atoms with Gasteiger partial charge in [0.25, 0.3) is 0 Å². The summed E-state index contributed by atoms with van der Waals surface area (Å²) in [5, 5.41) is 0. The maximum absolute atomic E-state index is 6.67. The van der Waals surface area contributed by atoms with Crippen LogP contribution in [0.25, 0.3) is 0 Å². The fraction of sp³-hybridized carbons (Fsp3) is 0.647. The zero-order chi connectivity index (χ0) is 13.2. The summed E-state index contributed by atoms with van der Waals surface area (Å²) >= 11 is 0. The molecule has 100 valence electrons. The van der Waals surface area contributed by atoms with E-state index in [0.717, 1.165) is 31.1 Å². The normalized spacial score (nSPS) is 28.6. The van der Waals surface area contributed by atoms with Crippen LogP contribution in [0.15, 0.2) is 24.3 Å². The van der Waals surface area contributed by atoms with Crippen molar-refractivity contribution < 1.29 is 0 Å². The van der Waals surface area contributed by atoms with Gasteiger partial charge in [-0.25, -0.2) is 0 Å². The van der Waals surface area contributed by atoms with Crippen molar-refractivity contribution in [2.75, 3.05) is 0 Å². The van der Waals surface area contributed by atoms with Gasteiger partial charge in [-0.2, -0.15) is 0 Å². The summed E-state index contributed by atoms with van der Waals surface area (Å²) in [7, 11) is 0. The predicted molar refractivity (Wildman–Crippen MR) is 78.5 cm³/mol. The van der Waals surface area contributed by atoms with E-state index in [1.165, 1.54) is 24.0 Å². The number of nitrogens with two attached hydrogens (primary N) is 1. The Labute approximate surface area is 112 Å². The van der Waals surface area contributed by atoms with Gasteiger partial charge in [0.2, 0.25) is 0 Å². The molecular weight excluding hydrogens is 218 g/mol. The van der Waals surface area contributed by atoms with E-state index in [9.17, 15) is 0 Å².